The molecular weight excluding hydrogens is 677 g/mol. The zero-order chi connectivity index (χ0) is 37.5. The Balaban J connectivity index is 1.31. The van der Waals surface area contributed by atoms with E-state index in [1.54, 1.807) is 0 Å². The van der Waals surface area contributed by atoms with Gasteiger partial charge in [0.1, 0.15) is 0 Å². The molecule has 1 aromatic heterocycles. The number of anilines is 5. The minimum absolute atomic E-state index is 0.173. The van der Waals surface area contributed by atoms with Gasteiger partial charge in [0.2, 0.25) is 0 Å². The van der Waals surface area contributed by atoms with Crippen LogP contribution in [0.4, 0.5) is 28.4 Å². The number of hydrogen-bond donors (Lipinski definition) is 1. The Morgan fingerprint density at radius 1 is 0.536 bits per heavy atom. The third-order valence-electron chi connectivity index (χ3n) is 13.3. The minimum atomic E-state index is -0.182. The smallest absolute Gasteiger partial charge is 0.198 e. The zero-order valence-electron chi connectivity index (χ0n) is 32.1. The van der Waals surface area contributed by atoms with E-state index in [2.05, 4.69) is 200 Å². The van der Waals surface area contributed by atoms with Crippen LogP contribution >= 0.6 is 0 Å². The van der Waals surface area contributed by atoms with Gasteiger partial charge in [-0.1, -0.05) is 148 Å². The van der Waals surface area contributed by atoms with Crippen LogP contribution < -0.4 is 21.1 Å². The summed E-state index contributed by atoms with van der Waals surface area (Å²) in [6, 6.07) is 58.7. The average molecular weight is 718 g/mol. The first kappa shape index (κ1) is 31.8. The van der Waals surface area contributed by atoms with Gasteiger partial charge in [-0.15, -0.1) is 0 Å². The normalized spacial score (nSPS) is 15.0. The molecule has 0 saturated carbocycles. The average Bonchev–Trinajstić information content (AvgIpc) is 3.59. The van der Waals surface area contributed by atoms with Crippen LogP contribution in [0.1, 0.15) is 49.9 Å². The van der Waals surface area contributed by atoms with Crippen molar-refractivity contribution in [3.05, 3.63) is 180 Å². The highest BCUT2D eigenvalue weighted by Crippen LogP contribution is 2.55. The molecule has 8 aromatic carbocycles. The number of nitrogens with one attached hydrogen (secondary N) is 1. The van der Waals surface area contributed by atoms with Crippen LogP contribution in [-0.2, 0) is 10.8 Å². The highest BCUT2D eigenvalue weighted by molar-refractivity contribution is 6.74. The third-order valence-corrected chi connectivity index (χ3v) is 13.3. The number of para-hydroxylation sites is 5. The summed E-state index contributed by atoms with van der Waals surface area (Å²) in [5, 5.41) is 9.22. The molecule has 0 amide bonds. The fourth-order valence-corrected chi connectivity index (χ4v) is 10.7. The summed E-state index contributed by atoms with van der Waals surface area (Å²) in [7, 11) is 0.856. The first-order valence-corrected chi connectivity index (χ1v) is 19.9. The second-order valence-corrected chi connectivity index (χ2v) is 17.0. The van der Waals surface area contributed by atoms with Gasteiger partial charge in [0.15, 0.2) is 7.28 Å². The lowest BCUT2D eigenvalue weighted by Crippen LogP contribution is -2.41. The van der Waals surface area contributed by atoms with Crippen molar-refractivity contribution in [3.8, 4) is 16.8 Å². The highest BCUT2D eigenvalue weighted by atomic mass is 15.1. The molecule has 0 atom stereocenters. The molecule has 0 radical (unpaired) electrons. The molecule has 0 spiro atoms. The van der Waals surface area contributed by atoms with Crippen molar-refractivity contribution in [2.45, 2.75) is 38.5 Å². The van der Waals surface area contributed by atoms with Crippen LogP contribution in [0, 0.1) is 0 Å². The molecule has 0 unspecified atom stereocenters. The van der Waals surface area contributed by atoms with Gasteiger partial charge in [0, 0.05) is 49.9 Å². The molecule has 0 aliphatic carbocycles. The molecule has 12 rings (SSSR count). The van der Waals surface area contributed by atoms with Gasteiger partial charge in [0.05, 0.1) is 22.4 Å². The number of aromatic nitrogens is 1. The molecule has 0 bridgehead atoms. The van der Waals surface area contributed by atoms with Crippen LogP contribution in [0.25, 0.3) is 49.4 Å². The monoisotopic (exact) mass is 717 g/mol. The van der Waals surface area contributed by atoms with Gasteiger partial charge in [-0.3, -0.25) is 0 Å². The van der Waals surface area contributed by atoms with E-state index in [-0.39, 0.29) is 10.8 Å². The summed E-state index contributed by atoms with van der Waals surface area (Å²) >= 11 is 0. The number of fused-ring (bicyclic) bond motifs is 5. The van der Waals surface area contributed by atoms with Crippen LogP contribution in [0.2, 0.25) is 0 Å². The summed E-state index contributed by atoms with van der Waals surface area (Å²) < 4.78 is 2.68. The Morgan fingerprint density at radius 2 is 1.18 bits per heavy atom. The molecule has 4 heteroatoms. The zero-order valence-corrected chi connectivity index (χ0v) is 32.1. The second kappa shape index (κ2) is 11.0. The van der Waals surface area contributed by atoms with Crippen molar-refractivity contribution in [1.82, 2.24) is 4.57 Å². The Kier molecular flexibility index (Phi) is 6.27. The van der Waals surface area contributed by atoms with Crippen LogP contribution in [0.5, 0.6) is 0 Å². The Hall–Kier alpha value is -6.52. The lowest BCUT2D eigenvalue weighted by molar-refractivity contribution is 0.632. The predicted molar refractivity (Wildman–Crippen MR) is 239 cm³/mol. The van der Waals surface area contributed by atoms with E-state index in [1.807, 2.05) is 0 Å². The maximum absolute atomic E-state index is 3.99. The fourth-order valence-electron chi connectivity index (χ4n) is 10.7. The summed E-state index contributed by atoms with van der Waals surface area (Å²) in [5.41, 5.74) is 20.2. The molecule has 0 saturated heterocycles. The van der Waals surface area contributed by atoms with Gasteiger partial charge in [-0.2, -0.15) is 0 Å². The lowest BCUT2D eigenvalue weighted by Gasteiger charge is -2.38. The first-order chi connectivity index (χ1) is 27.3. The number of benzene rings is 8. The summed E-state index contributed by atoms with van der Waals surface area (Å²) in [6.45, 7) is 9.60. The minimum Gasteiger partial charge on any atom is -0.355 e. The summed E-state index contributed by atoms with van der Waals surface area (Å²) in [5.74, 6) is 0. The summed E-state index contributed by atoms with van der Waals surface area (Å²) in [6.07, 6.45) is 0. The van der Waals surface area contributed by atoms with E-state index in [0.29, 0.717) is 0 Å². The molecule has 266 valence electrons. The van der Waals surface area contributed by atoms with E-state index >= 15 is 0 Å². The Labute approximate surface area is 328 Å². The molecule has 1 N–H and O–H groups in total. The lowest BCUT2D eigenvalue weighted by atomic mass is 9.57. The van der Waals surface area contributed by atoms with Crippen LogP contribution in [0.15, 0.2) is 158 Å². The maximum Gasteiger partial charge on any atom is 0.198 e. The number of rotatable bonds is 4. The van der Waals surface area contributed by atoms with Crippen molar-refractivity contribution >= 4 is 79.2 Å². The maximum atomic E-state index is 3.99. The van der Waals surface area contributed by atoms with Gasteiger partial charge in [-0.25, -0.2) is 0 Å². The van der Waals surface area contributed by atoms with E-state index in [4.69, 9.17) is 0 Å². The van der Waals surface area contributed by atoms with E-state index < -0.39 is 0 Å². The largest absolute Gasteiger partial charge is 0.355 e. The number of hydrogen-bond acceptors (Lipinski definition) is 2. The van der Waals surface area contributed by atoms with E-state index in [9.17, 15) is 0 Å². The van der Waals surface area contributed by atoms with Gasteiger partial charge >= 0.3 is 0 Å². The van der Waals surface area contributed by atoms with Gasteiger partial charge < -0.3 is 14.8 Å². The van der Waals surface area contributed by atoms with E-state index in [0.717, 1.165) is 18.7 Å². The molecule has 0 fully saturated rings. The summed E-state index contributed by atoms with van der Waals surface area (Å²) in [4.78, 5) is 2.50. The third kappa shape index (κ3) is 4.03. The van der Waals surface area contributed by atoms with Crippen molar-refractivity contribution in [3.63, 3.8) is 0 Å². The van der Waals surface area contributed by atoms with Gasteiger partial charge in [-0.05, 0) is 86.5 Å². The second-order valence-electron chi connectivity index (χ2n) is 17.0. The van der Waals surface area contributed by atoms with Crippen LogP contribution in [-0.4, -0.2) is 11.8 Å². The molecular formula is C52H40BN3. The molecule has 9 aromatic rings. The van der Waals surface area contributed by atoms with E-state index in [1.165, 1.54) is 99.6 Å². The van der Waals surface area contributed by atoms with Crippen molar-refractivity contribution in [1.29, 1.82) is 0 Å². The van der Waals surface area contributed by atoms with Crippen molar-refractivity contribution < 1.29 is 0 Å². The SMILES string of the molecule is CC1(C)c2ccccc2Nc2c(-c3cc(N(c4ccccc4)c4ccccc4)c4c5c6ccccc6cc6c5n5c4c3Bc3cccc(c3-5)C6(C)C)cccc21. The molecule has 3 aliphatic heterocycles. The van der Waals surface area contributed by atoms with Crippen molar-refractivity contribution in [2.75, 3.05) is 10.2 Å². The van der Waals surface area contributed by atoms with Gasteiger partial charge in [0.25, 0.3) is 0 Å². The Morgan fingerprint density at radius 3 is 1.96 bits per heavy atom. The van der Waals surface area contributed by atoms with Crippen molar-refractivity contribution in [2.24, 2.45) is 0 Å². The molecule has 3 nitrogen and oxygen atoms in total. The molecule has 3 aliphatic rings. The first-order valence-electron chi connectivity index (χ1n) is 19.9. The van der Waals surface area contributed by atoms with Crippen LogP contribution in [0.3, 0.4) is 0 Å². The standard InChI is InChI=1S/C52H40BN3/c1-51(2)37-24-13-14-28-42(37)54-47-35(23-15-25-38(47)51)36-30-43(55(32-18-7-5-8-19-32)33-20-9-6-10-21-33)45-44-34-22-12-11-17-31(34)29-40-49(44)56-48-39(52(40,3)4)26-16-27-41(48)53-46(36)50(45)56/h5-30,53-54H,1-4H3. The topological polar surface area (TPSA) is 20.2 Å². The molecule has 56 heavy (non-hydrogen) atoms. The Bertz CT molecular complexity index is 3100. The highest BCUT2D eigenvalue weighted by Gasteiger charge is 2.42. The predicted octanol–water partition coefficient (Wildman–Crippen LogP) is 11.8. The quantitative estimate of drug-likeness (QED) is 0.183. The number of nitrogens with zero attached hydrogens (tertiary/aromatic N) is 2. The molecule has 4 heterocycles. The fraction of sp³-hybridized carbons (Fsp3) is 0.115.